The molecule has 0 unspecified atom stereocenters. The Kier molecular flexibility index (Phi) is 3.03. The number of sulfonamides is 1. The molecule has 1 amide bonds. The second-order valence-corrected chi connectivity index (χ2v) is 5.29. The fourth-order valence-electron chi connectivity index (χ4n) is 1.74. The van der Waals surface area contributed by atoms with Crippen molar-refractivity contribution in [2.24, 2.45) is 5.14 Å². The molecule has 1 fully saturated rings. The zero-order valence-electron chi connectivity index (χ0n) is 8.92. The van der Waals surface area contributed by atoms with E-state index in [2.05, 4.69) is 5.32 Å². The molecule has 6 nitrogen and oxygen atoms in total. The van der Waals surface area contributed by atoms with E-state index in [-0.39, 0.29) is 11.0 Å². The predicted molar refractivity (Wildman–Crippen MR) is 59.8 cm³/mol. The van der Waals surface area contributed by atoms with Crippen LogP contribution in [0.5, 0.6) is 0 Å². The van der Waals surface area contributed by atoms with E-state index in [1.807, 2.05) is 0 Å². The first-order chi connectivity index (χ1) is 7.97. The average Bonchev–Trinajstić information content (AvgIpc) is 2.63. The van der Waals surface area contributed by atoms with Gasteiger partial charge in [-0.3, -0.25) is 0 Å². The first-order valence-electron chi connectivity index (χ1n) is 5.02. The Balaban J connectivity index is 2.24. The predicted octanol–water partition coefficient (Wildman–Crippen LogP) is -0.0151. The van der Waals surface area contributed by atoms with E-state index < -0.39 is 16.1 Å². The minimum Gasteiger partial charge on any atom is -0.444 e. The fraction of sp³-hybridized carbons (Fsp3) is 0.300. The van der Waals surface area contributed by atoms with Crippen molar-refractivity contribution in [3.8, 4) is 0 Å². The number of carbonyl (C=O) groups is 1. The smallest absolute Gasteiger partial charge is 0.407 e. The summed E-state index contributed by atoms with van der Waals surface area (Å²) in [5, 5.41) is 7.61. The summed E-state index contributed by atoms with van der Waals surface area (Å²) in [6, 6.07) is 6.41. The van der Waals surface area contributed by atoms with Crippen LogP contribution in [-0.4, -0.2) is 27.2 Å². The number of nitrogens with one attached hydrogen (secondary N) is 1. The van der Waals surface area contributed by atoms with Gasteiger partial charge in [-0.1, -0.05) is 18.2 Å². The lowest BCUT2D eigenvalue weighted by Crippen LogP contribution is -2.20. The number of nitrogens with two attached hydrogens (primary N) is 1. The molecule has 0 spiro atoms. The molecule has 0 aromatic heterocycles. The van der Waals surface area contributed by atoms with Crippen LogP contribution in [0.15, 0.2) is 29.2 Å². The maximum Gasteiger partial charge on any atom is 0.407 e. The Morgan fingerprint density at radius 3 is 2.71 bits per heavy atom. The molecule has 17 heavy (non-hydrogen) atoms. The molecule has 1 heterocycles. The topological polar surface area (TPSA) is 98.5 Å². The molecular formula is C10H12N2O4S. The Bertz CT molecular complexity index is 541. The lowest BCUT2D eigenvalue weighted by atomic mass is 10.1. The van der Waals surface area contributed by atoms with Crippen LogP contribution in [0.2, 0.25) is 0 Å². The zero-order valence-corrected chi connectivity index (χ0v) is 9.74. The van der Waals surface area contributed by atoms with Gasteiger partial charge in [0.2, 0.25) is 10.0 Å². The van der Waals surface area contributed by atoms with E-state index in [9.17, 15) is 13.2 Å². The molecule has 0 radical (unpaired) electrons. The lowest BCUT2D eigenvalue weighted by molar-refractivity contribution is 0.140. The van der Waals surface area contributed by atoms with Gasteiger partial charge in [0.05, 0.1) is 11.4 Å². The van der Waals surface area contributed by atoms with Crippen molar-refractivity contribution in [3.63, 3.8) is 0 Å². The minimum absolute atomic E-state index is 0.0722. The van der Waals surface area contributed by atoms with E-state index in [0.717, 1.165) is 0 Å². The number of rotatable bonds is 3. The Morgan fingerprint density at radius 2 is 2.12 bits per heavy atom. The lowest BCUT2D eigenvalue weighted by Gasteiger charge is -2.10. The van der Waals surface area contributed by atoms with Crippen LogP contribution in [-0.2, 0) is 21.2 Å². The summed E-state index contributed by atoms with van der Waals surface area (Å²) >= 11 is 0. The zero-order chi connectivity index (χ0) is 12.5. The number of ether oxygens (including phenoxy) is 1. The van der Waals surface area contributed by atoms with Gasteiger partial charge in [-0.25, -0.2) is 18.4 Å². The van der Waals surface area contributed by atoms with Crippen LogP contribution in [0.1, 0.15) is 5.56 Å². The minimum atomic E-state index is -3.75. The van der Waals surface area contributed by atoms with E-state index in [1.54, 1.807) is 18.2 Å². The molecule has 1 saturated heterocycles. The van der Waals surface area contributed by atoms with Crippen molar-refractivity contribution in [2.75, 3.05) is 6.54 Å². The van der Waals surface area contributed by atoms with Crippen LogP contribution in [0.25, 0.3) is 0 Å². The number of hydrogen-bond donors (Lipinski definition) is 2. The molecular weight excluding hydrogens is 244 g/mol. The van der Waals surface area contributed by atoms with E-state index >= 15 is 0 Å². The summed E-state index contributed by atoms with van der Waals surface area (Å²) < 4.78 is 27.6. The van der Waals surface area contributed by atoms with Crippen molar-refractivity contribution in [2.45, 2.75) is 17.4 Å². The van der Waals surface area contributed by atoms with E-state index in [0.29, 0.717) is 18.5 Å². The van der Waals surface area contributed by atoms with Gasteiger partial charge in [-0.05, 0) is 11.6 Å². The second kappa shape index (κ2) is 4.34. The third kappa shape index (κ3) is 2.75. The Morgan fingerprint density at radius 1 is 1.41 bits per heavy atom. The molecule has 0 bridgehead atoms. The van der Waals surface area contributed by atoms with Gasteiger partial charge in [0.15, 0.2) is 0 Å². The van der Waals surface area contributed by atoms with Crippen LogP contribution >= 0.6 is 0 Å². The van der Waals surface area contributed by atoms with Crippen LogP contribution < -0.4 is 10.5 Å². The molecule has 2 rings (SSSR count). The summed E-state index contributed by atoms with van der Waals surface area (Å²) in [5.41, 5.74) is 0.552. The van der Waals surface area contributed by atoms with Crippen molar-refractivity contribution >= 4 is 16.1 Å². The van der Waals surface area contributed by atoms with Crippen LogP contribution in [0, 0.1) is 0 Å². The number of cyclic esters (lactones) is 1. The largest absolute Gasteiger partial charge is 0.444 e. The molecule has 1 atom stereocenters. The Hall–Kier alpha value is -1.60. The number of primary sulfonamides is 1. The molecule has 92 valence electrons. The maximum absolute atomic E-state index is 11.3. The third-order valence-corrected chi connectivity index (χ3v) is 3.49. The summed E-state index contributed by atoms with van der Waals surface area (Å²) in [6.07, 6.45) is -0.515. The van der Waals surface area contributed by atoms with Crippen LogP contribution in [0.4, 0.5) is 4.79 Å². The summed E-state index contributed by atoms with van der Waals surface area (Å²) in [4.78, 5) is 10.9. The van der Waals surface area contributed by atoms with Gasteiger partial charge < -0.3 is 10.1 Å². The van der Waals surface area contributed by atoms with Gasteiger partial charge in [-0.2, -0.15) is 0 Å². The van der Waals surface area contributed by atoms with Gasteiger partial charge in [0.1, 0.15) is 6.10 Å². The number of alkyl carbamates (subject to hydrolysis) is 1. The van der Waals surface area contributed by atoms with Crippen molar-refractivity contribution < 1.29 is 17.9 Å². The molecule has 1 aliphatic heterocycles. The van der Waals surface area contributed by atoms with E-state index in [4.69, 9.17) is 9.88 Å². The quantitative estimate of drug-likeness (QED) is 0.794. The maximum atomic E-state index is 11.3. The molecule has 3 N–H and O–H groups in total. The Labute approximate surface area is 98.8 Å². The summed E-state index contributed by atoms with van der Waals surface area (Å²) in [5.74, 6) is 0. The SMILES string of the molecule is NS(=O)(=O)c1ccccc1C[C@H]1CNC(=O)O1. The van der Waals surface area contributed by atoms with Crippen molar-refractivity contribution in [3.05, 3.63) is 29.8 Å². The number of benzene rings is 1. The van der Waals surface area contributed by atoms with E-state index in [1.165, 1.54) is 6.07 Å². The molecule has 7 heteroatoms. The molecule has 1 aliphatic rings. The molecule has 1 aromatic rings. The van der Waals surface area contributed by atoms with Crippen molar-refractivity contribution in [1.29, 1.82) is 0 Å². The highest BCUT2D eigenvalue weighted by Gasteiger charge is 2.24. The highest BCUT2D eigenvalue weighted by atomic mass is 32.2. The van der Waals surface area contributed by atoms with Gasteiger partial charge in [0.25, 0.3) is 0 Å². The first kappa shape index (κ1) is 11.9. The van der Waals surface area contributed by atoms with Crippen LogP contribution in [0.3, 0.4) is 0 Å². The van der Waals surface area contributed by atoms with Crippen molar-refractivity contribution in [1.82, 2.24) is 5.32 Å². The number of amides is 1. The highest BCUT2D eigenvalue weighted by molar-refractivity contribution is 7.89. The number of carbonyl (C=O) groups excluding carboxylic acids is 1. The fourth-order valence-corrected chi connectivity index (χ4v) is 2.53. The summed E-state index contributed by atoms with van der Waals surface area (Å²) in [7, 11) is -3.75. The molecule has 0 aliphatic carbocycles. The monoisotopic (exact) mass is 256 g/mol. The summed E-state index contributed by atoms with van der Waals surface area (Å²) in [6.45, 7) is 0.373. The second-order valence-electron chi connectivity index (χ2n) is 3.77. The normalized spacial score (nSPS) is 19.8. The highest BCUT2D eigenvalue weighted by Crippen LogP contribution is 2.17. The first-order valence-corrected chi connectivity index (χ1v) is 6.56. The third-order valence-electron chi connectivity index (χ3n) is 2.47. The van der Waals surface area contributed by atoms with Gasteiger partial charge in [0, 0.05) is 6.42 Å². The molecule has 0 saturated carbocycles. The number of hydrogen-bond acceptors (Lipinski definition) is 4. The van der Waals surface area contributed by atoms with Gasteiger partial charge >= 0.3 is 6.09 Å². The average molecular weight is 256 g/mol. The molecule has 1 aromatic carbocycles. The standard InChI is InChI=1S/C10H12N2O4S/c11-17(14,15)9-4-2-1-3-7(9)5-8-6-12-10(13)16-8/h1-4,8H,5-6H2,(H,12,13)(H2,11,14,15)/t8-/m0/s1. The van der Waals surface area contributed by atoms with Gasteiger partial charge in [-0.15, -0.1) is 0 Å².